The maximum Gasteiger partial charge on any atom is 0.224 e. The van der Waals surface area contributed by atoms with Gasteiger partial charge in [-0.25, -0.2) is 4.98 Å². The number of piperazine rings is 1. The Morgan fingerprint density at radius 2 is 1.71 bits per heavy atom. The van der Waals surface area contributed by atoms with Gasteiger partial charge in [0.1, 0.15) is 5.02 Å². The molecular weight excluding hydrogens is 435 g/mol. The number of carbonyl (C=O) groups is 1. The van der Waals surface area contributed by atoms with Crippen LogP contribution in [0, 0.1) is 0 Å². The number of hydrogen-bond donors (Lipinski definition) is 2. The molecule has 4 rings (SSSR count). The van der Waals surface area contributed by atoms with Gasteiger partial charge >= 0.3 is 0 Å². The van der Waals surface area contributed by atoms with Crippen molar-refractivity contribution in [3.63, 3.8) is 0 Å². The number of hydrogen-bond acceptors (Lipinski definition) is 6. The number of nitrogens with zero attached hydrogens (tertiary/aromatic N) is 4. The standard InChI is InChI=1S/C22H22Cl2N6O/c1-15(31)29-9-11-30(12-10-29)17-7-8-19(27-21-18(23)14-25-22(24)28-21)20(13-17)26-16-5-3-2-4-6-16/h2-8,13-14,26H,9-12H2,1H3,(H,25,27,28). The van der Waals surface area contributed by atoms with Crippen molar-refractivity contribution < 1.29 is 4.79 Å². The van der Waals surface area contributed by atoms with Gasteiger partial charge in [0.25, 0.3) is 0 Å². The molecule has 1 fully saturated rings. The Labute approximate surface area is 191 Å². The summed E-state index contributed by atoms with van der Waals surface area (Å²) in [4.78, 5) is 23.9. The molecule has 7 nitrogen and oxygen atoms in total. The van der Waals surface area contributed by atoms with Crippen molar-refractivity contribution >= 4 is 57.7 Å². The lowest BCUT2D eigenvalue weighted by atomic mass is 10.2. The summed E-state index contributed by atoms with van der Waals surface area (Å²) in [5, 5.41) is 7.20. The van der Waals surface area contributed by atoms with Crippen LogP contribution in [-0.2, 0) is 4.79 Å². The van der Waals surface area contributed by atoms with E-state index in [2.05, 4.69) is 31.6 Å². The number of para-hydroxylation sites is 1. The van der Waals surface area contributed by atoms with Crippen LogP contribution < -0.4 is 15.5 Å². The van der Waals surface area contributed by atoms with Crippen LogP contribution in [0.3, 0.4) is 0 Å². The molecule has 0 bridgehead atoms. The van der Waals surface area contributed by atoms with E-state index < -0.39 is 0 Å². The lowest BCUT2D eigenvalue weighted by Crippen LogP contribution is -2.48. The Balaban J connectivity index is 1.63. The molecule has 1 aliphatic heterocycles. The maximum absolute atomic E-state index is 11.6. The van der Waals surface area contributed by atoms with Crippen molar-refractivity contribution in [3.8, 4) is 0 Å². The molecule has 2 heterocycles. The van der Waals surface area contributed by atoms with E-state index in [1.807, 2.05) is 47.4 Å². The molecule has 3 aromatic rings. The Morgan fingerprint density at radius 1 is 0.968 bits per heavy atom. The van der Waals surface area contributed by atoms with Gasteiger partial charge < -0.3 is 20.4 Å². The van der Waals surface area contributed by atoms with Crippen LogP contribution in [0.1, 0.15) is 6.92 Å². The van der Waals surface area contributed by atoms with Gasteiger partial charge in [0.05, 0.1) is 17.6 Å². The molecule has 0 aliphatic carbocycles. The van der Waals surface area contributed by atoms with Crippen LogP contribution in [-0.4, -0.2) is 47.0 Å². The van der Waals surface area contributed by atoms with Crippen LogP contribution >= 0.6 is 23.2 Å². The van der Waals surface area contributed by atoms with E-state index in [-0.39, 0.29) is 11.2 Å². The van der Waals surface area contributed by atoms with Gasteiger partial charge in [0, 0.05) is 44.5 Å². The van der Waals surface area contributed by atoms with Crippen molar-refractivity contribution in [2.75, 3.05) is 41.7 Å². The van der Waals surface area contributed by atoms with E-state index in [1.54, 1.807) is 6.92 Å². The van der Waals surface area contributed by atoms with Crippen LogP contribution in [0.4, 0.5) is 28.6 Å². The number of rotatable bonds is 5. The number of benzene rings is 2. The first-order valence-corrected chi connectivity index (χ1v) is 10.7. The molecule has 1 aliphatic rings. The number of anilines is 5. The largest absolute Gasteiger partial charge is 0.368 e. The lowest BCUT2D eigenvalue weighted by Gasteiger charge is -2.36. The van der Waals surface area contributed by atoms with Crippen molar-refractivity contribution in [2.24, 2.45) is 0 Å². The smallest absolute Gasteiger partial charge is 0.224 e. The normalized spacial score (nSPS) is 13.8. The molecule has 1 saturated heterocycles. The van der Waals surface area contributed by atoms with Crippen LogP contribution in [0.25, 0.3) is 0 Å². The molecule has 1 aromatic heterocycles. The van der Waals surface area contributed by atoms with Crippen LogP contribution in [0.2, 0.25) is 10.3 Å². The zero-order valence-electron chi connectivity index (χ0n) is 17.0. The predicted molar refractivity (Wildman–Crippen MR) is 126 cm³/mol. The summed E-state index contributed by atoms with van der Waals surface area (Å²) in [5.41, 5.74) is 3.69. The van der Waals surface area contributed by atoms with Gasteiger partial charge in [0.15, 0.2) is 5.82 Å². The topological polar surface area (TPSA) is 73.4 Å². The third-order valence-electron chi connectivity index (χ3n) is 5.11. The van der Waals surface area contributed by atoms with E-state index in [9.17, 15) is 4.79 Å². The molecule has 0 atom stereocenters. The third kappa shape index (κ3) is 5.18. The number of aromatic nitrogens is 2. The Morgan fingerprint density at radius 3 is 2.42 bits per heavy atom. The van der Waals surface area contributed by atoms with E-state index in [1.165, 1.54) is 6.20 Å². The first-order chi connectivity index (χ1) is 15.0. The molecule has 0 saturated carbocycles. The fourth-order valence-electron chi connectivity index (χ4n) is 3.46. The molecule has 2 aromatic carbocycles. The molecule has 160 valence electrons. The average Bonchev–Trinajstić information content (AvgIpc) is 2.78. The van der Waals surface area contributed by atoms with Gasteiger partial charge in [0.2, 0.25) is 11.2 Å². The maximum atomic E-state index is 11.6. The lowest BCUT2D eigenvalue weighted by molar-refractivity contribution is -0.129. The minimum atomic E-state index is 0.115. The Bertz CT molecular complexity index is 1070. The molecule has 0 unspecified atom stereocenters. The summed E-state index contributed by atoms with van der Waals surface area (Å²) < 4.78 is 0. The summed E-state index contributed by atoms with van der Waals surface area (Å²) in [6.45, 7) is 4.61. The summed E-state index contributed by atoms with van der Waals surface area (Å²) in [6.07, 6.45) is 1.46. The van der Waals surface area contributed by atoms with Gasteiger partial charge in [-0.2, -0.15) is 4.98 Å². The highest BCUT2D eigenvalue weighted by atomic mass is 35.5. The summed E-state index contributed by atoms with van der Waals surface area (Å²) >= 11 is 12.2. The van der Waals surface area contributed by atoms with E-state index in [4.69, 9.17) is 23.2 Å². The van der Waals surface area contributed by atoms with Gasteiger partial charge in [-0.05, 0) is 41.9 Å². The second kappa shape index (κ2) is 9.41. The minimum absolute atomic E-state index is 0.115. The Hall–Kier alpha value is -3.03. The van der Waals surface area contributed by atoms with Crippen LogP contribution in [0.15, 0.2) is 54.7 Å². The fourth-order valence-corrected chi connectivity index (χ4v) is 3.73. The molecule has 9 heteroatoms. The number of nitrogens with one attached hydrogen (secondary N) is 2. The predicted octanol–water partition coefficient (Wildman–Crippen LogP) is 4.94. The van der Waals surface area contributed by atoms with E-state index >= 15 is 0 Å². The second-order valence-electron chi connectivity index (χ2n) is 7.17. The fraction of sp³-hybridized carbons (Fsp3) is 0.227. The van der Waals surface area contributed by atoms with Crippen molar-refractivity contribution in [2.45, 2.75) is 6.92 Å². The molecule has 1 amide bonds. The highest BCUT2D eigenvalue weighted by Gasteiger charge is 2.20. The van der Waals surface area contributed by atoms with Gasteiger partial charge in [-0.1, -0.05) is 29.8 Å². The highest BCUT2D eigenvalue weighted by Crippen LogP contribution is 2.34. The highest BCUT2D eigenvalue weighted by molar-refractivity contribution is 6.33. The third-order valence-corrected chi connectivity index (χ3v) is 5.57. The average molecular weight is 457 g/mol. The summed E-state index contributed by atoms with van der Waals surface area (Å²) in [5.74, 6) is 0.548. The van der Waals surface area contributed by atoms with E-state index in [0.717, 1.165) is 35.8 Å². The minimum Gasteiger partial charge on any atom is -0.368 e. The Kier molecular flexibility index (Phi) is 6.44. The zero-order valence-corrected chi connectivity index (χ0v) is 18.5. The first-order valence-electron chi connectivity index (χ1n) is 9.91. The SMILES string of the molecule is CC(=O)N1CCN(c2ccc(Nc3nc(Cl)ncc3Cl)c(Nc3ccccc3)c2)CC1. The number of amides is 1. The van der Waals surface area contributed by atoms with Crippen LogP contribution in [0.5, 0.6) is 0 Å². The van der Waals surface area contributed by atoms with Crippen molar-refractivity contribution in [3.05, 3.63) is 65.0 Å². The summed E-state index contributed by atoms with van der Waals surface area (Å²) in [7, 11) is 0. The quantitative estimate of drug-likeness (QED) is 0.529. The molecule has 31 heavy (non-hydrogen) atoms. The monoisotopic (exact) mass is 456 g/mol. The molecule has 2 N–H and O–H groups in total. The summed E-state index contributed by atoms with van der Waals surface area (Å²) in [6, 6.07) is 16.0. The number of carbonyl (C=O) groups excluding carboxylic acids is 1. The molecule has 0 radical (unpaired) electrons. The zero-order chi connectivity index (χ0) is 21.8. The number of halogens is 2. The second-order valence-corrected chi connectivity index (χ2v) is 7.92. The van der Waals surface area contributed by atoms with E-state index in [0.29, 0.717) is 23.9 Å². The molecule has 0 spiro atoms. The first kappa shape index (κ1) is 21.2. The van der Waals surface area contributed by atoms with Gasteiger partial charge in [-0.3, -0.25) is 4.79 Å². The van der Waals surface area contributed by atoms with Crippen molar-refractivity contribution in [1.82, 2.24) is 14.9 Å². The molecular formula is C22H22Cl2N6O. The van der Waals surface area contributed by atoms with Crippen molar-refractivity contribution in [1.29, 1.82) is 0 Å². The van der Waals surface area contributed by atoms with Gasteiger partial charge in [-0.15, -0.1) is 0 Å².